The number of pyridine rings is 1. The van der Waals surface area contributed by atoms with E-state index in [-0.39, 0.29) is 0 Å². The van der Waals surface area contributed by atoms with Crippen LogP contribution in [0.15, 0.2) is 16.6 Å². The lowest BCUT2D eigenvalue weighted by molar-refractivity contribution is 0.555. The number of halogens is 1. The fourth-order valence-electron chi connectivity index (χ4n) is 1.59. The minimum atomic E-state index is 0.785. The molecule has 0 aliphatic carbocycles. The van der Waals surface area contributed by atoms with Crippen LogP contribution in [-0.4, -0.2) is 18.6 Å². The fraction of sp³-hybridized carbons (Fsp3) is 0.615. The fourth-order valence-corrected chi connectivity index (χ4v) is 1.82. The smallest absolute Gasteiger partial charge is 0.128 e. The van der Waals surface area contributed by atoms with Crippen LogP contribution in [0, 0.1) is 12.8 Å². The van der Waals surface area contributed by atoms with Gasteiger partial charge in [-0.25, -0.2) is 4.98 Å². The van der Waals surface area contributed by atoms with Crippen molar-refractivity contribution in [3.63, 3.8) is 0 Å². The third-order valence-corrected chi connectivity index (χ3v) is 3.51. The van der Waals surface area contributed by atoms with Crippen LogP contribution in [-0.2, 0) is 0 Å². The molecule has 0 aromatic carbocycles. The van der Waals surface area contributed by atoms with E-state index >= 15 is 0 Å². The molecule has 0 unspecified atom stereocenters. The quantitative estimate of drug-likeness (QED) is 0.812. The van der Waals surface area contributed by atoms with E-state index in [1.165, 1.54) is 12.8 Å². The summed E-state index contributed by atoms with van der Waals surface area (Å²) in [4.78, 5) is 6.77. The molecule has 0 amide bonds. The Kier molecular flexibility index (Phi) is 5.26. The number of aromatic nitrogens is 1. The molecule has 0 fully saturated rings. The Morgan fingerprint density at radius 1 is 1.38 bits per heavy atom. The second kappa shape index (κ2) is 6.24. The maximum absolute atomic E-state index is 4.55. The molecule has 90 valence electrons. The number of hydrogen-bond acceptors (Lipinski definition) is 2. The first kappa shape index (κ1) is 13.5. The Balaban J connectivity index is 2.52. The summed E-state index contributed by atoms with van der Waals surface area (Å²) in [5.41, 5.74) is 1.05. The second-order valence-corrected chi connectivity index (χ2v) is 5.55. The zero-order chi connectivity index (χ0) is 12.1. The molecule has 0 aliphatic rings. The number of hydrogen-bond donors (Lipinski definition) is 0. The van der Waals surface area contributed by atoms with Crippen molar-refractivity contribution in [3.05, 3.63) is 22.3 Å². The molecule has 0 atom stereocenters. The van der Waals surface area contributed by atoms with E-state index in [1.54, 1.807) is 0 Å². The topological polar surface area (TPSA) is 16.1 Å². The molecule has 0 N–H and O–H groups in total. The summed E-state index contributed by atoms with van der Waals surface area (Å²) in [5, 5.41) is 0. The molecule has 0 saturated carbocycles. The maximum atomic E-state index is 4.55. The predicted octanol–water partition coefficient (Wildman–Crippen LogP) is 4.02. The molecule has 1 aromatic heterocycles. The van der Waals surface area contributed by atoms with Crippen LogP contribution >= 0.6 is 15.9 Å². The average Bonchev–Trinajstić information content (AvgIpc) is 2.21. The summed E-state index contributed by atoms with van der Waals surface area (Å²) in [6.45, 7) is 7.63. The molecule has 0 aliphatic heterocycles. The summed E-state index contributed by atoms with van der Waals surface area (Å²) >= 11 is 3.47. The van der Waals surface area contributed by atoms with E-state index in [0.29, 0.717) is 0 Å². The van der Waals surface area contributed by atoms with Crippen molar-refractivity contribution < 1.29 is 0 Å². The lowest BCUT2D eigenvalue weighted by Gasteiger charge is -2.19. The monoisotopic (exact) mass is 284 g/mol. The van der Waals surface area contributed by atoms with E-state index in [9.17, 15) is 0 Å². The molecular formula is C13H21BrN2. The van der Waals surface area contributed by atoms with Crippen molar-refractivity contribution in [2.75, 3.05) is 18.5 Å². The van der Waals surface area contributed by atoms with Gasteiger partial charge in [-0.05, 0) is 53.7 Å². The first-order chi connectivity index (χ1) is 7.50. The Morgan fingerprint density at radius 2 is 2.06 bits per heavy atom. The van der Waals surface area contributed by atoms with Gasteiger partial charge in [0.25, 0.3) is 0 Å². The van der Waals surface area contributed by atoms with E-state index in [4.69, 9.17) is 0 Å². The minimum Gasteiger partial charge on any atom is -0.360 e. The predicted molar refractivity (Wildman–Crippen MR) is 74.0 cm³/mol. The van der Waals surface area contributed by atoms with Crippen molar-refractivity contribution in [2.24, 2.45) is 5.92 Å². The van der Waals surface area contributed by atoms with Crippen LogP contribution in [0.3, 0.4) is 0 Å². The van der Waals surface area contributed by atoms with Crippen LogP contribution in [0.5, 0.6) is 0 Å². The normalized spacial score (nSPS) is 10.9. The zero-order valence-electron chi connectivity index (χ0n) is 10.6. The third-order valence-electron chi connectivity index (χ3n) is 2.67. The number of anilines is 1. The number of aryl methyl sites for hydroxylation is 1. The molecule has 0 radical (unpaired) electrons. The van der Waals surface area contributed by atoms with Crippen molar-refractivity contribution in [1.29, 1.82) is 0 Å². The molecule has 1 aromatic rings. The number of rotatable bonds is 5. The summed E-state index contributed by atoms with van der Waals surface area (Å²) in [7, 11) is 2.11. The van der Waals surface area contributed by atoms with Gasteiger partial charge in [-0.15, -0.1) is 0 Å². The van der Waals surface area contributed by atoms with E-state index in [0.717, 1.165) is 28.4 Å². The lowest BCUT2D eigenvalue weighted by atomic mass is 10.1. The SMILES string of the molecule is Cc1nc(N(C)CCCC(C)C)ccc1Br. The van der Waals surface area contributed by atoms with Gasteiger partial charge < -0.3 is 4.90 Å². The Labute approximate surface area is 107 Å². The van der Waals surface area contributed by atoms with Gasteiger partial charge in [-0.3, -0.25) is 0 Å². The van der Waals surface area contributed by atoms with E-state index in [2.05, 4.69) is 58.8 Å². The van der Waals surface area contributed by atoms with Gasteiger partial charge in [-0.1, -0.05) is 13.8 Å². The highest BCUT2D eigenvalue weighted by Crippen LogP contribution is 2.18. The molecule has 1 rings (SSSR count). The van der Waals surface area contributed by atoms with Crippen molar-refractivity contribution in [1.82, 2.24) is 4.98 Å². The van der Waals surface area contributed by atoms with Crippen LogP contribution in [0.2, 0.25) is 0 Å². The Bertz CT molecular complexity index is 337. The Hall–Kier alpha value is -0.570. The lowest BCUT2D eigenvalue weighted by Crippen LogP contribution is -2.20. The summed E-state index contributed by atoms with van der Waals surface area (Å²) < 4.78 is 1.08. The van der Waals surface area contributed by atoms with Crippen molar-refractivity contribution in [3.8, 4) is 0 Å². The highest BCUT2D eigenvalue weighted by atomic mass is 79.9. The molecule has 0 spiro atoms. The summed E-state index contributed by atoms with van der Waals surface area (Å²) in [6.07, 6.45) is 2.50. The van der Waals surface area contributed by atoms with Crippen LogP contribution < -0.4 is 4.90 Å². The molecule has 1 heterocycles. The molecule has 3 heteroatoms. The van der Waals surface area contributed by atoms with Gasteiger partial charge in [0.15, 0.2) is 0 Å². The van der Waals surface area contributed by atoms with Gasteiger partial charge in [0.05, 0.1) is 5.69 Å². The highest BCUT2D eigenvalue weighted by molar-refractivity contribution is 9.10. The van der Waals surface area contributed by atoms with Gasteiger partial charge in [0.1, 0.15) is 5.82 Å². The first-order valence-electron chi connectivity index (χ1n) is 5.85. The maximum Gasteiger partial charge on any atom is 0.128 e. The van der Waals surface area contributed by atoms with Crippen LogP contribution in [0.25, 0.3) is 0 Å². The average molecular weight is 285 g/mol. The molecular weight excluding hydrogens is 264 g/mol. The van der Waals surface area contributed by atoms with Crippen LogP contribution in [0.4, 0.5) is 5.82 Å². The van der Waals surface area contributed by atoms with E-state index in [1.807, 2.05) is 6.92 Å². The van der Waals surface area contributed by atoms with Gasteiger partial charge in [-0.2, -0.15) is 0 Å². The first-order valence-corrected chi connectivity index (χ1v) is 6.64. The standard InChI is InChI=1S/C13H21BrN2/c1-10(2)6-5-9-16(4)13-8-7-12(14)11(3)15-13/h7-8,10H,5-6,9H2,1-4H3. The van der Waals surface area contributed by atoms with Crippen molar-refractivity contribution in [2.45, 2.75) is 33.6 Å². The molecule has 0 bridgehead atoms. The summed E-state index contributed by atoms with van der Waals surface area (Å²) in [5.74, 6) is 1.84. The molecule has 16 heavy (non-hydrogen) atoms. The highest BCUT2D eigenvalue weighted by Gasteiger charge is 2.04. The second-order valence-electron chi connectivity index (χ2n) is 4.69. The van der Waals surface area contributed by atoms with Gasteiger partial charge >= 0.3 is 0 Å². The largest absolute Gasteiger partial charge is 0.360 e. The van der Waals surface area contributed by atoms with Crippen molar-refractivity contribution >= 4 is 21.7 Å². The van der Waals surface area contributed by atoms with E-state index < -0.39 is 0 Å². The zero-order valence-corrected chi connectivity index (χ0v) is 12.2. The molecule has 2 nitrogen and oxygen atoms in total. The van der Waals surface area contributed by atoms with Crippen LogP contribution in [0.1, 0.15) is 32.4 Å². The summed E-state index contributed by atoms with van der Waals surface area (Å²) in [6, 6.07) is 4.13. The number of nitrogens with zero attached hydrogens (tertiary/aromatic N) is 2. The molecule has 0 saturated heterocycles. The minimum absolute atomic E-state index is 0.785. The van der Waals surface area contributed by atoms with Gasteiger partial charge in [0, 0.05) is 18.1 Å². The third kappa shape index (κ3) is 4.12. The van der Waals surface area contributed by atoms with Gasteiger partial charge in [0.2, 0.25) is 0 Å². The Morgan fingerprint density at radius 3 is 2.62 bits per heavy atom.